The van der Waals surface area contributed by atoms with Crippen molar-refractivity contribution in [2.45, 2.75) is 6.54 Å². The Bertz CT molecular complexity index is 1180. The lowest BCUT2D eigenvalue weighted by atomic mass is 10.1. The summed E-state index contributed by atoms with van der Waals surface area (Å²) in [6, 6.07) is 11.2. The first-order valence-electron chi connectivity index (χ1n) is 9.65. The second kappa shape index (κ2) is 7.81. The van der Waals surface area contributed by atoms with E-state index in [0.29, 0.717) is 5.56 Å². The fraction of sp³-hybridized carbons (Fsp3) is 0.250. The smallest absolute Gasteiger partial charge is 0.248 e. The van der Waals surface area contributed by atoms with E-state index in [-0.39, 0.29) is 0 Å². The topological polar surface area (TPSA) is 106 Å². The van der Waals surface area contributed by atoms with Crippen LogP contribution in [0.15, 0.2) is 48.1 Å². The van der Waals surface area contributed by atoms with Crippen LogP contribution in [0.1, 0.15) is 16.1 Å². The number of thiazole rings is 1. The normalized spacial score (nSPS) is 15.0. The molecule has 9 nitrogen and oxygen atoms in total. The highest BCUT2D eigenvalue weighted by atomic mass is 32.1. The number of piperazine rings is 1. The highest BCUT2D eigenvalue weighted by Crippen LogP contribution is 2.25. The third kappa shape index (κ3) is 3.74. The van der Waals surface area contributed by atoms with E-state index >= 15 is 0 Å². The number of anilines is 1. The van der Waals surface area contributed by atoms with Crippen molar-refractivity contribution in [2.24, 2.45) is 5.73 Å². The van der Waals surface area contributed by atoms with Gasteiger partial charge in [0.25, 0.3) is 0 Å². The molecular formula is C20H20N8OS. The number of amides is 1. The maximum Gasteiger partial charge on any atom is 0.248 e. The van der Waals surface area contributed by atoms with Gasteiger partial charge in [0.2, 0.25) is 5.91 Å². The summed E-state index contributed by atoms with van der Waals surface area (Å²) in [7, 11) is 0. The summed E-state index contributed by atoms with van der Waals surface area (Å²) in [6.07, 6.45) is 1.62. The maximum atomic E-state index is 11.2. The van der Waals surface area contributed by atoms with Crippen molar-refractivity contribution < 1.29 is 4.79 Å². The maximum absolute atomic E-state index is 11.2. The van der Waals surface area contributed by atoms with E-state index in [4.69, 9.17) is 10.7 Å². The molecule has 0 aliphatic carbocycles. The molecule has 1 fully saturated rings. The molecule has 2 N–H and O–H groups in total. The van der Waals surface area contributed by atoms with Gasteiger partial charge in [-0.1, -0.05) is 12.1 Å². The van der Waals surface area contributed by atoms with E-state index in [1.54, 1.807) is 34.3 Å². The van der Waals surface area contributed by atoms with E-state index in [9.17, 15) is 4.79 Å². The zero-order chi connectivity index (χ0) is 20.5. The summed E-state index contributed by atoms with van der Waals surface area (Å²) in [5.74, 6) is 0.523. The van der Waals surface area contributed by atoms with E-state index in [1.165, 1.54) is 0 Å². The Morgan fingerprint density at radius 2 is 1.87 bits per heavy atom. The van der Waals surface area contributed by atoms with E-state index in [0.717, 1.165) is 60.5 Å². The number of carbonyl (C=O) groups is 1. The summed E-state index contributed by atoms with van der Waals surface area (Å²) >= 11 is 1.62. The molecule has 3 aromatic heterocycles. The number of aromatic nitrogens is 5. The second-order valence-corrected chi connectivity index (χ2v) is 8.03. The van der Waals surface area contributed by atoms with Gasteiger partial charge in [-0.3, -0.25) is 9.69 Å². The van der Waals surface area contributed by atoms with Crippen molar-refractivity contribution in [3.63, 3.8) is 0 Å². The second-order valence-electron chi connectivity index (χ2n) is 7.17. The molecule has 0 unspecified atom stereocenters. The molecule has 0 atom stereocenters. The van der Waals surface area contributed by atoms with Crippen LogP contribution in [0, 0.1) is 0 Å². The summed E-state index contributed by atoms with van der Waals surface area (Å²) in [6.45, 7) is 4.53. The van der Waals surface area contributed by atoms with Crippen molar-refractivity contribution in [1.29, 1.82) is 0 Å². The Morgan fingerprint density at radius 1 is 1.07 bits per heavy atom. The fourth-order valence-electron chi connectivity index (χ4n) is 3.54. The van der Waals surface area contributed by atoms with Gasteiger partial charge in [-0.2, -0.15) is 4.52 Å². The molecule has 0 saturated carbocycles. The van der Waals surface area contributed by atoms with Crippen molar-refractivity contribution in [3.05, 3.63) is 59.4 Å². The van der Waals surface area contributed by atoms with Crippen LogP contribution >= 0.6 is 11.3 Å². The first kappa shape index (κ1) is 18.6. The molecule has 1 amide bonds. The van der Waals surface area contributed by atoms with Crippen molar-refractivity contribution >= 4 is 28.7 Å². The summed E-state index contributed by atoms with van der Waals surface area (Å²) in [5.41, 5.74) is 8.62. The zero-order valence-corrected chi connectivity index (χ0v) is 17.0. The average molecular weight is 421 g/mol. The molecule has 4 aromatic rings. The van der Waals surface area contributed by atoms with E-state index < -0.39 is 5.91 Å². The van der Waals surface area contributed by atoms with Crippen LogP contribution in [0.5, 0.6) is 0 Å². The molecule has 4 heterocycles. The van der Waals surface area contributed by atoms with Gasteiger partial charge in [0.15, 0.2) is 5.65 Å². The molecular weight excluding hydrogens is 400 g/mol. The van der Waals surface area contributed by atoms with Gasteiger partial charge in [0.05, 0.1) is 5.69 Å². The number of hydrogen-bond acceptors (Lipinski definition) is 8. The molecule has 1 aliphatic heterocycles. The lowest BCUT2D eigenvalue weighted by molar-refractivity contribution is 0.100. The van der Waals surface area contributed by atoms with Crippen molar-refractivity contribution in [3.8, 4) is 10.6 Å². The Kier molecular flexibility index (Phi) is 4.85. The van der Waals surface area contributed by atoms with E-state index in [1.807, 2.05) is 24.3 Å². The Hall–Kier alpha value is -3.37. The summed E-state index contributed by atoms with van der Waals surface area (Å²) in [4.78, 5) is 20.7. The van der Waals surface area contributed by atoms with Crippen LogP contribution in [0.2, 0.25) is 0 Å². The van der Waals surface area contributed by atoms with Gasteiger partial charge < -0.3 is 10.6 Å². The van der Waals surface area contributed by atoms with Gasteiger partial charge in [0.1, 0.15) is 17.2 Å². The standard InChI is InChI=1S/C20H20N8OS/c21-19(29)14-1-3-15(4-2-14)20-23-16(12-30-20)11-26-7-9-27(10-8-26)18-6-5-17-24-22-13-28(17)25-18/h1-6,12-13H,7-11H2,(H2,21,29). The van der Waals surface area contributed by atoms with Crippen LogP contribution in [0.3, 0.4) is 0 Å². The molecule has 0 bridgehead atoms. The van der Waals surface area contributed by atoms with Crippen LogP contribution in [0.4, 0.5) is 5.82 Å². The molecule has 152 valence electrons. The fourth-order valence-corrected chi connectivity index (χ4v) is 4.36. The van der Waals surface area contributed by atoms with Crippen LogP contribution in [0.25, 0.3) is 16.2 Å². The average Bonchev–Trinajstić information content (AvgIpc) is 3.43. The minimum atomic E-state index is -0.419. The van der Waals surface area contributed by atoms with E-state index in [2.05, 4.69) is 30.5 Å². The number of benzene rings is 1. The molecule has 10 heteroatoms. The quantitative estimate of drug-likeness (QED) is 0.523. The number of primary amides is 1. The number of nitrogens with two attached hydrogens (primary N) is 1. The third-order valence-electron chi connectivity index (χ3n) is 5.20. The molecule has 0 radical (unpaired) electrons. The number of nitrogens with zero attached hydrogens (tertiary/aromatic N) is 7. The van der Waals surface area contributed by atoms with Gasteiger partial charge in [0, 0.05) is 49.2 Å². The third-order valence-corrected chi connectivity index (χ3v) is 6.14. The Morgan fingerprint density at radius 3 is 2.63 bits per heavy atom. The number of rotatable bonds is 5. The lowest BCUT2D eigenvalue weighted by Gasteiger charge is -2.34. The van der Waals surface area contributed by atoms with Gasteiger partial charge in [-0.05, 0) is 24.3 Å². The summed E-state index contributed by atoms with van der Waals surface area (Å²) < 4.78 is 1.70. The van der Waals surface area contributed by atoms with Crippen molar-refractivity contribution in [1.82, 2.24) is 29.7 Å². The molecule has 1 aromatic carbocycles. The number of carbonyl (C=O) groups excluding carboxylic acids is 1. The number of hydrogen-bond donors (Lipinski definition) is 1. The number of fused-ring (bicyclic) bond motifs is 1. The van der Waals surface area contributed by atoms with Gasteiger partial charge in [-0.25, -0.2) is 4.98 Å². The van der Waals surface area contributed by atoms with Gasteiger partial charge in [-0.15, -0.1) is 26.6 Å². The van der Waals surface area contributed by atoms with Crippen LogP contribution in [-0.2, 0) is 6.54 Å². The summed E-state index contributed by atoms with van der Waals surface area (Å²) in [5, 5.41) is 15.5. The van der Waals surface area contributed by atoms with Crippen LogP contribution in [-0.4, -0.2) is 61.8 Å². The minimum Gasteiger partial charge on any atom is -0.366 e. The monoisotopic (exact) mass is 420 g/mol. The predicted octanol–water partition coefficient (Wildman–Crippen LogP) is 1.67. The molecule has 1 aliphatic rings. The molecule has 5 rings (SSSR count). The minimum absolute atomic E-state index is 0.419. The van der Waals surface area contributed by atoms with Crippen LogP contribution < -0.4 is 10.6 Å². The Balaban J connectivity index is 1.20. The first-order valence-corrected chi connectivity index (χ1v) is 10.5. The predicted molar refractivity (Wildman–Crippen MR) is 114 cm³/mol. The Labute approximate surface area is 176 Å². The molecule has 0 spiro atoms. The zero-order valence-electron chi connectivity index (χ0n) is 16.2. The van der Waals surface area contributed by atoms with Gasteiger partial charge >= 0.3 is 0 Å². The van der Waals surface area contributed by atoms with Crippen molar-refractivity contribution in [2.75, 3.05) is 31.1 Å². The lowest BCUT2D eigenvalue weighted by Crippen LogP contribution is -2.46. The highest BCUT2D eigenvalue weighted by molar-refractivity contribution is 7.13. The molecule has 1 saturated heterocycles. The SMILES string of the molecule is NC(=O)c1ccc(-c2nc(CN3CCN(c4ccc5nncn5n4)CC3)cs2)cc1. The largest absolute Gasteiger partial charge is 0.366 e. The first-order chi connectivity index (χ1) is 14.7. The highest BCUT2D eigenvalue weighted by Gasteiger charge is 2.19. The molecule has 30 heavy (non-hydrogen) atoms.